The molecule has 1 aromatic carbocycles. The monoisotopic (exact) mass is 467 g/mol. The van der Waals surface area contributed by atoms with Crippen molar-refractivity contribution in [2.45, 2.75) is 24.5 Å². The van der Waals surface area contributed by atoms with Crippen LogP contribution >= 0.6 is 11.6 Å². The Hall–Kier alpha value is -3.43. The van der Waals surface area contributed by atoms with Gasteiger partial charge in [-0.1, -0.05) is 23.7 Å². The van der Waals surface area contributed by atoms with Gasteiger partial charge in [-0.2, -0.15) is 0 Å². The Morgan fingerprint density at radius 2 is 2.09 bits per heavy atom. The van der Waals surface area contributed by atoms with Crippen LogP contribution in [-0.4, -0.2) is 34.5 Å². The first-order valence-electron chi connectivity index (χ1n) is 10.5. The predicted octanol–water partition coefficient (Wildman–Crippen LogP) is 3.19. The molecule has 0 saturated carbocycles. The highest BCUT2D eigenvalue weighted by Crippen LogP contribution is 2.43. The number of nitrogens with two attached hydrogens (primary N) is 1. The molecule has 33 heavy (non-hydrogen) atoms. The zero-order chi connectivity index (χ0) is 23.2. The average Bonchev–Trinajstić information content (AvgIpc) is 3.45. The average molecular weight is 468 g/mol. The normalized spacial score (nSPS) is 22.1. The number of nitrogens with one attached hydrogen (secondary N) is 2. The fourth-order valence-electron chi connectivity index (χ4n) is 4.50. The van der Waals surface area contributed by atoms with Gasteiger partial charge in [0.15, 0.2) is 11.6 Å². The summed E-state index contributed by atoms with van der Waals surface area (Å²) in [6.45, 7) is 0. The fourth-order valence-corrected chi connectivity index (χ4v) is 4.65. The van der Waals surface area contributed by atoms with Crippen LogP contribution in [0.25, 0.3) is 5.82 Å². The lowest BCUT2D eigenvalue weighted by molar-refractivity contribution is 0.308. The van der Waals surface area contributed by atoms with Crippen LogP contribution in [-0.2, 0) is 5.79 Å². The molecule has 8 nitrogen and oxygen atoms in total. The number of nitrogens with zero attached hydrogens (tertiary/aromatic N) is 4. The minimum Gasteiger partial charge on any atom is -0.493 e. The van der Waals surface area contributed by atoms with E-state index in [-0.39, 0.29) is 11.7 Å². The smallest absolute Gasteiger partial charge is 0.215 e. The van der Waals surface area contributed by atoms with Gasteiger partial charge in [0.1, 0.15) is 23.1 Å². The lowest BCUT2D eigenvalue weighted by atomic mass is 9.94. The maximum atomic E-state index is 13.5. The molecule has 5 rings (SSSR count). The van der Waals surface area contributed by atoms with E-state index in [4.69, 9.17) is 27.1 Å². The number of halogens is 2. The first-order chi connectivity index (χ1) is 15.9. The zero-order valence-corrected chi connectivity index (χ0v) is 18.9. The molecule has 1 aliphatic heterocycles. The van der Waals surface area contributed by atoms with E-state index in [0.29, 0.717) is 22.6 Å². The molecule has 10 heteroatoms. The molecule has 0 saturated heterocycles. The maximum absolute atomic E-state index is 13.5. The number of benzene rings is 1. The molecule has 0 amide bonds. The summed E-state index contributed by atoms with van der Waals surface area (Å²) in [5, 5.41) is 7.19. The van der Waals surface area contributed by atoms with E-state index in [0.717, 1.165) is 35.2 Å². The molecule has 0 bridgehead atoms. The summed E-state index contributed by atoms with van der Waals surface area (Å²) in [7, 11) is 3.37. The third-order valence-electron chi connectivity index (χ3n) is 6.17. The number of allylic oxidation sites excluding steroid dienone is 1. The summed E-state index contributed by atoms with van der Waals surface area (Å²) in [6, 6.07) is 8.45. The van der Waals surface area contributed by atoms with Crippen molar-refractivity contribution in [1.29, 1.82) is 0 Å². The van der Waals surface area contributed by atoms with Gasteiger partial charge in [0, 0.05) is 35.1 Å². The Balaban J connectivity index is 1.54. The Bertz CT molecular complexity index is 1270. The Morgan fingerprint density at radius 1 is 1.30 bits per heavy atom. The molecule has 1 aliphatic carbocycles. The molecule has 3 aromatic rings. The van der Waals surface area contributed by atoms with Crippen LogP contribution in [0.5, 0.6) is 5.75 Å². The fraction of sp³-hybridized carbons (Fsp3) is 0.261. The number of aliphatic imine (C=N–C) groups is 1. The van der Waals surface area contributed by atoms with Gasteiger partial charge in [-0.05, 0) is 43.7 Å². The van der Waals surface area contributed by atoms with E-state index in [1.807, 2.05) is 18.2 Å². The second-order valence-corrected chi connectivity index (χ2v) is 8.36. The SMILES string of the molecule is CNC1(c2cnc(-n3cnc(Cl)c3)c(OC)c2)N=C(N)C2=C(N1)C(c1ccc(F)cc1)CC2. The molecule has 4 N–H and O–H groups in total. The second-order valence-electron chi connectivity index (χ2n) is 7.97. The van der Waals surface area contributed by atoms with E-state index < -0.39 is 5.79 Å². The van der Waals surface area contributed by atoms with Gasteiger partial charge < -0.3 is 15.8 Å². The summed E-state index contributed by atoms with van der Waals surface area (Å²) in [4.78, 5) is 13.4. The second kappa shape index (κ2) is 8.17. The van der Waals surface area contributed by atoms with Crippen molar-refractivity contribution in [3.63, 3.8) is 0 Å². The zero-order valence-electron chi connectivity index (χ0n) is 18.1. The summed E-state index contributed by atoms with van der Waals surface area (Å²) < 4.78 is 20.8. The minimum absolute atomic E-state index is 0.0598. The highest BCUT2D eigenvalue weighted by atomic mass is 35.5. The lowest BCUT2D eigenvalue weighted by Crippen LogP contribution is -2.54. The number of imidazole rings is 1. The molecule has 0 spiro atoms. The van der Waals surface area contributed by atoms with Gasteiger partial charge in [0.2, 0.25) is 5.79 Å². The van der Waals surface area contributed by atoms with Gasteiger partial charge in [0.25, 0.3) is 0 Å². The number of hydrogen-bond acceptors (Lipinski definition) is 7. The highest BCUT2D eigenvalue weighted by molar-refractivity contribution is 6.29. The minimum atomic E-state index is -1.04. The van der Waals surface area contributed by atoms with Crippen molar-refractivity contribution < 1.29 is 9.13 Å². The van der Waals surface area contributed by atoms with Crippen molar-refractivity contribution in [3.8, 4) is 11.6 Å². The molecule has 2 aliphatic rings. The predicted molar refractivity (Wildman–Crippen MR) is 124 cm³/mol. The van der Waals surface area contributed by atoms with Crippen LogP contribution in [0.3, 0.4) is 0 Å². The van der Waals surface area contributed by atoms with E-state index >= 15 is 0 Å². The van der Waals surface area contributed by atoms with E-state index in [2.05, 4.69) is 20.6 Å². The summed E-state index contributed by atoms with van der Waals surface area (Å²) >= 11 is 5.97. The number of methoxy groups -OCH3 is 1. The van der Waals surface area contributed by atoms with Crippen molar-refractivity contribution in [1.82, 2.24) is 25.2 Å². The van der Waals surface area contributed by atoms with E-state index in [9.17, 15) is 4.39 Å². The lowest BCUT2D eigenvalue weighted by Gasteiger charge is -2.37. The molecule has 2 aromatic heterocycles. The Kier molecular flexibility index (Phi) is 5.30. The number of ether oxygens (including phenoxy) is 1. The Labute approximate surface area is 195 Å². The highest BCUT2D eigenvalue weighted by Gasteiger charge is 2.41. The largest absolute Gasteiger partial charge is 0.493 e. The van der Waals surface area contributed by atoms with Crippen molar-refractivity contribution in [2.24, 2.45) is 10.7 Å². The van der Waals surface area contributed by atoms with Gasteiger partial charge >= 0.3 is 0 Å². The first kappa shape index (κ1) is 21.4. The number of rotatable bonds is 5. The standard InChI is InChI=1S/C23H23ClFN7O/c1-27-23(14-9-18(33-2)22(28-10-14)32-11-19(24)29-12-32)30-20-16(7-8-17(20)21(26)31-23)13-3-5-15(25)6-4-13/h3-6,9-12,16,27,30H,7-8H2,1-2H3,(H2,26,31). The van der Waals surface area contributed by atoms with Gasteiger partial charge in [-0.15, -0.1) is 0 Å². The van der Waals surface area contributed by atoms with Crippen LogP contribution in [0, 0.1) is 5.82 Å². The molecule has 3 heterocycles. The molecule has 170 valence electrons. The molecule has 2 unspecified atom stereocenters. The van der Waals surface area contributed by atoms with Crippen LogP contribution in [0.15, 0.2) is 65.3 Å². The summed E-state index contributed by atoms with van der Waals surface area (Å²) in [6.07, 6.45) is 6.58. The van der Waals surface area contributed by atoms with Crippen LogP contribution in [0.2, 0.25) is 5.15 Å². The quantitative estimate of drug-likeness (QED) is 0.532. The number of amidine groups is 1. The van der Waals surface area contributed by atoms with Crippen molar-refractivity contribution >= 4 is 17.4 Å². The number of hydrogen-bond donors (Lipinski definition) is 3. The number of aromatic nitrogens is 3. The molecular weight excluding hydrogens is 445 g/mol. The Morgan fingerprint density at radius 3 is 2.76 bits per heavy atom. The molecule has 2 atom stereocenters. The molecular formula is C23H23ClFN7O. The third-order valence-corrected chi connectivity index (χ3v) is 6.37. The maximum Gasteiger partial charge on any atom is 0.215 e. The van der Waals surface area contributed by atoms with Gasteiger partial charge in [-0.3, -0.25) is 9.88 Å². The summed E-state index contributed by atoms with van der Waals surface area (Å²) in [5.41, 5.74) is 10.1. The van der Waals surface area contributed by atoms with Gasteiger partial charge in [0.05, 0.1) is 7.11 Å². The van der Waals surface area contributed by atoms with Gasteiger partial charge in [-0.25, -0.2) is 19.4 Å². The summed E-state index contributed by atoms with van der Waals surface area (Å²) in [5.74, 6) is 0.289. The first-order valence-corrected chi connectivity index (χ1v) is 10.9. The third kappa shape index (κ3) is 3.63. The number of pyridine rings is 1. The molecule has 0 radical (unpaired) electrons. The van der Waals surface area contributed by atoms with E-state index in [1.165, 1.54) is 12.1 Å². The van der Waals surface area contributed by atoms with Crippen molar-refractivity contribution in [3.05, 3.63) is 82.4 Å². The van der Waals surface area contributed by atoms with E-state index in [1.54, 1.807) is 37.4 Å². The topological polar surface area (TPSA) is 102 Å². The van der Waals surface area contributed by atoms with Crippen LogP contribution in [0.1, 0.15) is 29.9 Å². The molecule has 0 fully saturated rings. The van der Waals surface area contributed by atoms with Crippen LogP contribution in [0.4, 0.5) is 4.39 Å². The van der Waals surface area contributed by atoms with Crippen molar-refractivity contribution in [2.75, 3.05) is 14.2 Å². The van der Waals surface area contributed by atoms with Crippen LogP contribution < -0.4 is 21.1 Å².